The van der Waals surface area contributed by atoms with E-state index in [0.29, 0.717) is 0 Å². The van der Waals surface area contributed by atoms with Crippen LogP contribution in [0.25, 0.3) is 0 Å². The van der Waals surface area contributed by atoms with Crippen molar-refractivity contribution in [2.24, 2.45) is 0 Å². The van der Waals surface area contributed by atoms with Crippen LogP contribution in [-0.4, -0.2) is 11.4 Å². The minimum atomic E-state index is 0.937. The molecule has 1 aliphatic heterocycles. The summed E-state index contributed by atoms with van der Waals surface area (Å²) in [6.07, 6.45) is 7.55. The molecule has 0 saturated carbocycles. The van der Waals surface area contributed by atoms with Gasteiger partial charge in [0.1, 0.15) is 0 Å². The van der Waals surface area contributed by atoms with Gasteiger partial charge in [-0.2, -0.15) is 0 Å². The third-order valence-electron chi connectivity index (χ3n) is 2.57. The molecule has 1 N–H and O–H groups in total. The first-order valence-electron chi connectivity index (χ1n) is 5.79. The van der Waals surface area contributed by atoms with Gasteiger partial charge < -0.3 is 10.2 Å². The fourth-order valence-corrected chi connectivity index (χ4v) is 1.85. The second-order valence-electron chi connectivity index (χ2n) is 3.93. The largest absolute Gasteiger partial charge is 0.387 e. The number of benzene rings is 1. The maximum absolute atomic E-state index is 3.37. The normalized spacial score (nSPS) is 14.8. The summed E-state index contributed by atoms with van der Waals surface area (Å²) in [4.78, 5) is 2.22. The Morgan fingerprint density at radius 1 is 1.25 bits per heavy atom. The van der Waals surface area contributed by atoms with Gasteiger partial charge in [0.2, 0.25) is 0 Å². The lowest BCUT2D eigenvalue weighted by Crippen LogP contribution is -2.20. The van der Waals surface area contributed by atoms with Crippen molar-refractivity contribution >= 4 is 0 Å². The summed E-state index contributed by atoms with van der Waals surface area (Å²) >= 11 is 0. The van der Waals surface area contributed by atoms with E-state index in [1.54, 1.807) is 0 Å². The van der Waals surface area contributed by atoms with E-state index in [1.165, 1.54) is 11.3 Å². The molecule has 0 saturated heterocycles. The molecule has 0 aromatic heterocycles. The molecule has 0 bridgehead atoms. The van der Waals surface area contributed by atoms with Crippen molar-refractivity contribution in [2.75, 3.05) is 6.54 Å². The van der Waals surface area contributed by atoms with Gasteiger partial charge in [0.15, 0.2) is 0 Å². The zero-order chi connectivity index (χ0) is 11.2. The van der Waals surface area contributed by atoms with E-state index in [-0.39, 0.29) is 0 Å². The van der Waals surface area contributed by atoms with Crippen LogP contribution in [0.5, 0.6) is 0 Å². The highest BCUT2D eigenvalue weighted by Gasteiger charge is 2.04. The molecule has 0 spiro atoms. The number of allylic oxidation sites excluding steroid dienone is 1. The quantitative estimate of drug-likeness (QED) is 0.829. The molecule has 0 atom stereocenters. The van der Waals surface area contributed by atoms with E-state index in [4.69, 9.17) is 0 Å². The van der Waals surface area contributed by atoms with E-state index in [0.717, 1.165) is 19.5 Å². The summed E-state index contributed by atoms with van der Waals surface area (Å²) < 4.78 is 0. The van der Waals surface area contributed by atoms with Crippen LogP contribution in [0.2, 0.25) is 0 Å². The second-order valence-corrected chi connectivity index (χ2v) is 3.93. The van der Waals surface area contributed by atoms with E-state index in [9.17, 15) is 0 Å². The van der Waals surface area contributed by atoms with Crippen molar-refractivity contribution in [1.82, 2.24) is 10.2 Å². The summed E-state index contributed by atoms with van der Waals surface area (Å²) in [6, 6.07) is 10.5. The number of hydrogen-bond acceptors (Lipinski definition) is 2. The fraction of sp³-hybridized carbons (Fsp3) is 0.286. The molecular weight excluding hydrogens is 196 g/mol. The molecule has 1 aliphatic rings. The maximum Gasteiger partial charge on any atom is 0.0470 e. The molecule has 2 rings (SSSR count). The number of nitrogens with one attached hydrogen (secondary N) is 1. The van der Waals surface area contributed by atoms with Crippen LogP contribution < -0.4 is 5.32 Å². The topological polar surface area (TPSA) is 15.3 Å². The highest BCUT2D eigenvalue weighted by Crippen LogP contribution is 2.13. The molecule has 1 aromatic carbocycles. The summed E-state index contributed by atoms with van der Waals surface area (Å²) in [5.74, 6) is 0. The summed E-state index contributed by atoms with van der Waals surface area (Å²) in [5, 5.41) is 3.37. The van der Waals surface area contributed by atoms with Gasteiger partial charge in [-0.05, 0) is 12.5 Å². The lowest BCUT2D eigenvalue weighted by molar-refractivity contribution is 0.480. The van der Waals surface area contributed by atoms with Gasteiger partial charge in [-0.1, -0.05) is 36.4 Å². The average Bonchev–Trinajstić information content (AvgIpc) is 2.31. The first-order chi connectivity index (χ1) is 7.88. The SMILES string of the molecule is CCNC1=CN(Cc2ccccc2)C=CC1. The van der Waals surface area contributed by atoms with Crippen LogP contribution in [0, 0.1) is 0 Å². The fourth-order valence-electron chi connectivity index (χ4n) is 1.85. The van der Waals surface area contributed by atoms with Crippen LogP contribution >= 0.6 is 0 Å². The minimum absolute atomic E-state index is 0.937. The Morgan fingerprint density at radius 3 is 2.81 bits per heavy atom. The molecule has 1 aromatic rings. The first kappa shape index (κ1) is 10.8. The van der Waals surface area contributed by atoms with E-state index >= 15 is 0 Å². The lowest BCUT2D eigenvalue weighted by Gasteiger charge is -2.22. The van der Waals surface area contributed by atoms with Gasteiger partial charge in [-0.15, -0.1) is 0 Å². The molecule has 2 heteroatoms. The molecule has 0 amide bonds. The molecule has 0 fully saturated rings. The highest BCUT2D eigenvalue weighted by atomic mass is 15.1. The molecule has 0 aliphatic carbocycles. The summed E-state index contributed by atoms with van der Waals surface area (Å²) in [7, 11) is 0. The zero-order valence-electron chi connectivity index (χ0n) is 9.69. The Bertz CT molecular complexity index is 379. The Morgan fingerprint density at radius 2 is 2.06 bits per heavy atom. The Labute approximate surface area is 97.3 Å². The van der Waals surface area contributed by atoms with Crippen LogP contribution in [0.3, 0.4) is 0 Å². The smallest absolute Gasteiger partial charge is 0.0470 e. The molecular formula is C14H18N2. The molecule has 16 heavy (non-hydrogen) atoms. The average molecular weight is 214 g/mol. The van der Waals surface area contributed by atoms with E-state index < -0.39 is 0 Å². The van der Waals surface area contributed by atoms with Crippen LogP contribution in [0.1, 0.15) is 18.9 Å². The maximum atomic E-state index is 3.37. The van der Waals surface area contributed by atoms with Gasteiger partial charge in [-0.25, -0.2) is 0 Å². The monoisotopic (exact) mass is 214 g/mol. The standard InChI is InChI=1S/C14H18N2/c1-2-15-14-9-6-10-16(12-14)11-13-7-4-3-5-8-13/h3-8,10,12,15H,2,9,11H2,1H3. The molecule has 84 valence electrons. The lowest BCUT2D eigenvalue weighted by atomic mass is 10.2. The van der Waals surface area contributed by atoms with Crippen molar-refractivity contribution in [2.45, 2.75) is 19.9 Å². The first-order valence-corrected chi connectivity index (χ1v) is 5.79. The Hall–Kier alpha value is -1.70. The van der Waals surface area contributed by atoms with Gasteiger partial charge in [-0.3, -0.25) is 0 Å². The van der Waals surface area contributed by atoms with Crippen molar-refractivity contribution in [3.63, 3.8) is 0 Å². The second kappa shape index (κ2) is 5.40. The van der Waals surface area contributed by atoms with Crippen molar-refractivity contribution < 1.29 is 0 Å². The number of rotatable bonds is 4. The number of nitrogens with zero attached hydrogens (tertiary/aromatic N) is 1. The van der Waals surface area contributed by atoms with Crippen molar-refractivity contribution in [1.29, 1.82) is 0 Å². The van der Waals surface area contributed by atoms with Gasteiger partial charge in [0.05, 0.1) is 0 Å². The van der Waals surface area contributed by atoms with Gasteiger partial charge in [0.25, 0.3) is 0 Å². The van der Waals surface area contributed by atoms with E-state index in [2.05, 4.69) is 65.9 Å². The molecule has 2 nitrogen and oxygen atoms in total. The van der Waals surface area contributed by atoms with Crippen molar-refractivity contribution in [3.8, 4) is 0 Å². The van der Waals surface area contributed by atoms with E-state index in [1.807, 2.05) is 0 Å². The predicted molar refractivity (Wildman–Crippen MR) is 67.5 cm³/mol. The van der Waals surface area contributed by atoms with Crippen LogP contribution in [0.15, 0.2) is 54.5 Å². The summed E-state index contributed by atoms with van der Waals surface area (Å²) in [6.45, 7) is 4.05. The molecule has 0 unspecified atom stereocenters. The minimum Gasteiger partial charge on any atom is -0.387 e. The van der Waals surface area contributed by atoms with Crippen molar-refractivity contribution in [3.05, 3.63) is 60.1 Å². The van der Waals surface area contributed by atoms with Gasteiger partial charge in [0, 0.05) is 37.6 Å². The van der Waals surface area contributed by atoms with Gasteiger partial charge >= 0.3 is 0 Å². The Balaban J connectivity index is 2.00. The highest BCUT2D eigenvalue weighted by molar-refractivity contribution is 5.18. The molecule has 1 heterocycles. The van der Waals surface area contributed by atoms with Crippen LogP contribution in [0.4, 0.5) is 0 Å². The summed E-state index contributed by atoms with van der Waals surface area (Å²) in [5.41, 5.74) is 2.63. The zero-order valence-corrected chi connectivity index (χ0v) is 9.69. The molecule has 0 radical (unpaired) electrons. The Kier molecular flexibility index (Phi) is 3.65. The predicted octanol–water partition coefficient (Wildman–Crippen LogP) is 2.86. The number of hydrogen-bond donors (Lipinski definition) is 1. The third kappa shape index (κ3) is 2.89. The third-order valence-corrected chi connectivity index (χ3v) is 2.57. The van der Waals surface area contributed by atoms with Crippen LogP contribution in [-0.2, 0) is 6.54 Å².